The summed E-state index contributed by atoms with van der Waals surface area (Å²) < 4.78 is 4.96. The maximum absolute atomic E-state index is 11.1. The molecule has 0 amide bonds. The zero-order chi connectivity index (χ0) is 8.48. The van der Waals surface area contributed by atoms with E-state index in [1.165, 1.54) is 0 Å². The fraction of sp³-hybridized carbons (Fsp3) is 0.750. The molecule has 1 saturated heterocycles. The number of carbonyl (C=O) groups is 1. The molecule has 60 valence electrons. The van der Waals surface area contributed by atoms with Gasteiger partial charge in [-0.1, -0.05) is 0 Å². The molecule has 0 N–H and O–H groups in total. The predicted octanol–water partition coefficient (Wildman–Crippen LogP) is 0.752. The number of rotatable bonds is 1. The van der Waals surface area contributed by atoms with Crippen LogP contribution in [-0.4, -0.2) is 19.0 Å². The molecule has 1 rings (SSSR count). The Morgan fingerprint density at radius 2 is 2.36 bits per heavy atom. The quantitative estimate of drug-likeness (QED) is 0.558. The molecular weight excluding hydrogens is 142 g/mol. The van der Waals surface area contributed by atoms with Crippen molar-refractivity contribution in [2.24, 2.45) is 11.3 Å². The van der Waals surface area contributed by atoms with Gasteiger partial charge < -0.3 is 4.74 Å². The van der Waals surface area contributed by atoms with Crippen molar-refractivity contribution in [2.45, 2.75) is 13.8 Å². The second-order valence-corrected chi connectivity index (χ2v) is 3.37. The van der Waals surface area contributed by atoms with Crippen LogP contribution in [-0.2, 0) is 9.53 Å². The SMILES string of the molecule is CC(C)(C#N)[C@H]1COCC1=O. The minimum Gasteiger partial charge on any atom is -0.373 e. The first-order valence-electron chi connectivity index (χ1n) is 3.59. The highest BCUT2D eigenvalue weighted by molar-refractivity contribution is 5.84. The molecule has 1 aliphatic rings. The molecule has 0 saturated carbocycles. The Labute approximate surface area is 66.0 Å². The number of Topliss-reactive ketones (excluding diaryl/α,β-unsaturated/α-hetero) is 1. The zero-order valence-corrected chi connectivity index (χ0v) is 6.76. The van der Waals surface area contributed by atoms with Gasteiger partial charge in [-0.3, -0.25) is 4.79 Å². The lowest BCUT2D eigenvalue weighted by molar-refractivity contribution is -0.122. The third-order valence-electron chi connectivity index (χ3n) is 2.08. The second kappa shape index (κ2) is 2.63. The Bertz CT molecular complexity index is 215. The van der Waals surface area contributed by atoms with Crippen LogP contribution in [0.25, 0.3) is 0 Å². The fourth-order valence-electron chi connectivity index (χ4n) is 1.16. The molecule has 1 aliphatic heterocycles. The van der Waals surface area contributed by atoms with Crippen LogP contribution in [0.3, 0.4) is 0 Å². The molecule has 1 heterocycles. The molecule has 0 aromatic heterocycles. The highest BCUT2D eigenvalue weighted by Crippen LogP contribution is 2.29. The molecule has 0 unspecified atom stereocenters. The van der Waals surface area contributed by atoms with Crippen LogP contribution >= 0.6 is 0 Å². The third-order valence-corrected chi connectivity index (χ3v) is 2.08. The largest absolute Gasteiger partial charge is 0.373 e. The fourth-order valence-corrected chi connectivity index (χ4v) is 1.16. The van der Waals surface area contributed by atoms with Gasteiger partial charge in [0, 0.05) is 0 Å². The van der Waals surface area contributed by atoms with E-state index in [9.17, 15) is 4.79 Å². The van der Waals surface area contributed by atoms with Gasteiger partial charge >= 0.3 is 0 Å². The van der Waals surface area contributed by atoms with E-state index in [1.54, 1.807) is 13.8 Å². The summed E-state index contributed by atoms with van der Waals surface area (Å²) in [5.74, 6) is -0.177. The third kappa shape index (κ3) is 1.41. The van der Waals surface area contributed by atoms with Crippen LogP contribution in [0.15, 0.2) is 0 Å². The van der Waals surface area contributed by atoms with Gasteiger partial charge in [-0.15, -0.1) is 0 Å². The summed E-state index contributed by atoms with van der Waals surface area (Å²) in [6.07, 6.45) is 0. The smallest absolute Gasteiger partial charge is 0.165 e. The zero-order valence-electron chi connectivity index (χ0n) is 6.76. The van der Waals surface area contributed by atoms with Gasteiger partial charge in [0.1, 0.15) is 6.61 Å². The van der Waals surface area contributed by atoms with Crippen molar-refractivity contribution in [2.75, 3.05) is 13.2 Å². The summed E-state index contributed by atoms with van der Waals surface area (Å²) in [5.41, 5.74) is -0.576. The van der Waals surface area contributed by atoms with E-state index in [4.69, 9.17) is 10.00 Å². The molecule has 11 heavy (non-hydrogen) atoms. The van der Waals surface area contributed by atoms with E-state index in [2.05, 4.69) is 6.07 Å². The van der Waals surface area contributed by atoms with Crippen molar-refractivity contribution in [3.8, 4) is 6.07 Å². The Morgan fingerprint density at radius 3 is 2.73 bits per heavy atom. The van der Waals surface area contributed by atoms with Crippen LogP contribution in [0.1, 0.15) is 13.8 Å². The summed E-state index contributed by atoms with van der Waals surface area (Å²) >= 11 is 0. The monoisotopic (exact) mass is 153 g/mol. The number of hydrogen-bond acceptors (Lipinski definition) is 3. The molecule has 0 aromatic carbocycles. The molecule has 0 radical (unpaired) electrons. The summed E-state index contributed by atoms with van der Waals surface area (Å²) in [6.45, 7) is 4.11. The lowest BCUT2D eigenvalue weighted by Gasteiger charge is -2.19. The van der Waals surface area contributed by atoms with Crippen molar-refractivity contribution >= 4 is 5.78 Å². The summed E-state index contributed by atoms with van der Waals surface area (Å²) in [4.78, 5) is 11.1. The molecule has 0 aromatic rings. The van der Waals surface area contributed by atoms with E-state index in [0.29, 0.717) is 6.61 Å². The average Bonchev–Trinajstić information content (AvgIpc) is 2.36. The topological polar surface area (TPSA) is 50.1 Å². The number of nitrogens with zero attached hydrogens (tertiary/aromatic N) is 1. The van der Waals surface area contributed by atoms with E-state index in [0.717, 1.165) is 0 Å². The van der Waals surface area contributed by atoms with Gasteiger partial charge in [-0.25, -0.2) is 0 Å². The van der Waals surface area contributed by atoms with Crippen LogP contribution in [0.2, 0.25) is 0 Å². The summed E-state index contributed by atoms with van der Waals surface area (Å²) in [7, 11) is 0. The Hall–Kier alpha value is -0.880. The highest BCUT2D eigenvalue weighted by atomic mass is 16.5. The Balaban J connectivity index is 2.76. The van der Waals surface area contributed by atoms with Crippen molar-refractivity contribution in [1.29, 1.82) is 5.26 Å². The lowest BCUT2D eigenvalue weighted by Crippen LogP contribution is -2.28. The van der Waals surface area contributed by atoms with E-state index in [-0.39, 0.29) is 18.3 Å². The van der Waals surface area contributed by atoms with Gasteiger partial charge in [-0.2, -0.15) is 5.26 Å². The number of ether oxygens (including phenoxy) is 1. The van der Waals surface area contributed by atoms with Crippen molar-refractivity contribution in [1.82, 2.24) is 0 Å². The number of carbonyl (C=O) groups excluding carboxylic acids is 1. The number of ketones is 1. The summed E-state index contributed by atoms with van der Waals surface area (Å²) in [6, 6.07) is 2.11. The first-order valence-corrected chi connectivity index (χ1v) is 3.59. The van der Waals surface area contributed by atoms with Crippen LogP contribution in [0.4, 0.5) is 0 Å². The van der Waals surface area contributed by atoms with E-state index in [1.807, 2.05) is 0 Å². The highest BCUT2D eigenvalue weighted by Gasteiger charge is 2.38. The van der Waals surface area contributed by atoms with E-state index >= 15 is 0 Å². The molecule has 1 fully saturated rings. The Kier molecular flexibility index (Phi) is 1.97. The van der Waals surface area contributed by atoms with Crippen LogP contribution in [0, 0.1) is 22.7 Å². The molecule has 3 nitrogen and oxygen atoms in total. The molecule has 0 spiro atoms. The van der Waals surface area contributed by atoms with E-state index < -0.39 is 5.41 Å². The first kappa shape index (κ1) is 8.22. The number of hydrogen-bond donors (Lipinski definition) is 0. The summed E-state index contributed by atoms with van der Waals surface area (Å²) in [5, 5.41) is 8.71. The number of nitriles is 1. The minimum absolute atomic E-state index is 0.0524. The maximum Gasteiger partial charge on any atom is 0.165 e. The normalized spacial score (nSPS) is 25.2. The minimum atomic E-state index is -0.576. The van der Waals surface area contributed by atoms with Crippen molar-refractivity contribution in [3.63, 3.8) is 0 Å². The maximum atomic E-state index is 11.1. The molecule has 3 heteroatoms. The first-order chi connectivity index (χ1) is 5.08. The molecule has 1 atom stereocenters. The van der Waals surface area contributed by atoms with Crippen molar-refractivity contribution < 1.29 is 9.53 Å². The molecule has 0 aliphatic carbocycles. The molecular formula is C8H11NO2. The molecule has 0 bridgehead atoms. The average molecular weight is 153 g/mol. The van der Waals surface area contributed by atoms with Gasteiger partial charge in [-0.05, 0) is 13.8 Å². The standard InChI is InChI=1S/C8H11NO2/c1-8(2,5-9)6-3-11-4-7(6)10/h6H,3-4H2,1-2H3/t6-/m0/s1. The predicted molar refractivity (Wildman–Crippen MR) is 38.7 cm³/mol. The second-order valence-electron chi connectivity index (χ2n) is 3.37. The van der Waals surface area contributed by atoms with Crippen LogP contribution in [0.5, 0.6) is 0 Å². The van der Waals surface area contributed by atoms with Crippen molar-refractivity contribution in [3.05, 3.63) is 0 Å². The van der Waals surface area contributed by atoms with Gasteiger partial charge in [0.2, 0.25) is 0 Å². The van der Waals surface area contributed by atoms with Gasteiger partial charge in [0.05, 0.1) is 24.0 Å². The van der Waals surface area contributed by atoms with Gasteiger partial charge in [0.15, 0.2) is 5.78 Å². The Morgan fingerprint density at radius 1 is 1.73 bits per heavy atom. The van der Waals surface area contributed by atoms with Crippen LogP contribution < -0.4 is 0 Å². The van der Waals surface area contributed by atoms with Gasteiger partial charge in [0.25, 0.3) is 0 Å². The lowest BCUT2D eigenvalue weighted by atomic mass is 9.79.